The Kier molecular flexibility index (Phi) is 6.45. The van der Waals surface area contributed by atoms with Crippen LogP contribution < -0.4 is 10.0 Å². The molecule has 0 atom stereocenters. The second-order valence-corrected chi connectivity index (χ2v) is 8.19. The zero-order valence-corrected chi connectivity index (χ0v) is 13.8. The lowest BCUT2D eigenvalue weighted by atomic mass is 10.3. The van der Waals surface area contributed by atoms with Gasteiger partial charge in [0.25, 0.3) is 0 Å². The lowest BCUT2D eigenvalue weighted by molar-refractivity contribution is -0.135. The van der Waals surface area contributed by atoms with Crippen molar-refractivity contribution >= 4 is 37.3 Å². The van der Waals surface area contributed by atoms with E-state index in [1.54, 1.807) is 7.05 Å². The van der Waals surface area contributed by atoms with E-state index in [2.05, 4.69) is 26.0 Å². The summed E-state index contributed by atoms with van der Waals surface area (Å²) in [6.45, 7) is 0.276. The molecule has 0 aliphatic heterocycles. The van der Waals surface area contributed by atoms with Crippen molar-refractivity contribution in [2.24, 2.45) is 0 Å². The number of hydrogen-bond donors (Lipinski definition) is 2. The van der Waals surface area contributed by atoms with Gasteiger partial charge in [-0.1, -0.05) is 0 Å². The van der Waals surface area contributed by atoms with Crippen LogP contribution in [0, 0.1) is 0 Å². The van der Waals surface area contributed by atoms with E-state index in [-0.39, 0.29) is 17.9 Å². The van der Waals surface area contributed by atoms with Gasteiger partial charge < -0.3 is 5.32 Å². The molecule has 0 bridgehead atoms. The summed E-state index contributed by atoms with van der Waals surface area (Å²) in [6.07, 6.45) is -5.56. The monoisotopic (exact) mass is 394 g/mol. The molecule has 0 aliphatic carbocycles. The number of thiophene rings is 1. The van der Waals surface area contributed by atoms with E-state index in [4.69, 9.17) is 0 Å². The van der Waals surface area contributed by atoms with Gasteiger partial charge >= 0.3 is 6.18 Å². The van der Waals surface area contributed by atoms with Crippen molar-refractivity contribution in [3.63, 3.8) is 0 Å². The van der Waals surface area contributed by atoms with E-state index in [9.17, 15) is 21.6 Å². The zero-order chi connectivity index (χ0) is 15.4. The average molecular weight is 395 g/mol. The summed E-state index contributed by atoms with van der Waals surface area (Å²) in [7, 11) is -2.05. The Hall–Kier alpha value is -0.160. The molecule has 0 aromatic carbocycles. The van der Waals surface area contributed by atoms with E-state index in [1.165, 1.54) is 17.4 Å². The second kappa shape index (κ2) is 7.21. The van der Waals surface area contributed by atoms with Gasteiger partial charge in [0, 0.05) is 24.4 Å². The van der Waals surface area contributed by atoms with E-state index >= 15 is 0 Å². The Balaban J connectivity index is 2.64. The fraction of sp³-hybridized carbons (Fsp3) is 0.600. The predicted octanol–water partition coefficient (Wildman–Crippen LogP) is 2.85. The van der Waals surface area contributed by atoms with Crippen molar-refractivity contribution in [2.45, 2.75) is 30.5 Å². The third kappa shape index (κ3) is 5.68. The van der Waals surface area contributed by atoms with Gasteiger partial charge in [-0.05, 0) is 35.5 Å². The highest BCUT2D eigenvalue weighted by Crippen LogP contribution is 2.31. The molecule has 0 amide bonds. The quantitative estimate of drug-likeness (QED) is 0.699. The molecule has 0 unspecified atom stereocenters. The lowest BCUT2D eigenvalue weighted by Gasteiger charge is -2.07. The minimum atomic E-state index is -4.27. The number of rotatable bonds is 7. The van der Waals surface area contributed by atoms with E-state index in [0.717, 1.165) is 4.88 Å². The SMILES string of the molecule is CNCc1cc(S(=O)(=O)NCCCC(F)(F)F)c(Br)s1. The predicted molar refractivity (Wildman–Crippen MR) is 75.3 cm³/mol. The molecule has 0 spiro atoms. The molecular formula is C10H14BrF3N2O2S2. The summed E-state index contributed by atoms with van der Waals surface area (Å²) < 4.78 is 62.4. The van der Waals surface area contributed by atoms with Crippen molar-refractivity contribution in [2.75, 3.05) is 13.6 Å². The maximum Gasteiger partial charge on any atom is 0.389 e. The molecule has 2 N–H and O–H groups in total. The first kappa shape index (κ1) is 17.9. The molecule has 10 heteroatoms. The Morgan fingerprint density at radius 1 is 1.40 bits per heavy atom. The molecule has 116 valence electrons. The fourth-order valence-electron chi connectivity index (χ4n) is 1.42. The number of sulfonamides is 1. The first-order valence-corrected chi connectivity index (χ1v) is 8.74. The summed E-state index contributed by atoms with van der Waals surface area (Å²) in [5.74, 6) is 0. The van der Waals surface area contributed by atoms with Crippen LogP contribution in [0.15, 0.2) is 14.7 Å². The van der Waals surface area contributed by atoms with Gasteiger partial charge in [-0.3, -0.25) is 0 Å². The van der Waals surface area contributed by atoms with Crippen molar-refractivity contribution in [1.29, 1.82) is 0 Å². The van der Waals surface area contributed by atoms with Crippen LogP contribution in [0.1, 0.15) is 17.7 Å². The maximum atomic E-state index is 12.0. The van der Waals surface area contributed by atoms with Gasteiger partial charge in [-0.2, -0.15) is 13.2 Å². The van der Waals surface area contributed by atoms with E-state index in [1.807, 2.05) is 0 Å². The van der Waals surface area contributed by atoms with E-state index in [0.29, 0.717) is 10.3 Å². The van der Waals surface area contributed by atoms with Crippen LogP contribution in [0.2, 0.25) is 0 Å². The summed E-state index contributed by atoms with van der Waals surface area (Å²) in [4.78, 5) is 0.870. The van der Waals surface area contributed by atoms with Gasteiger partial charge in [-0.15, -0.1) is 11.3 Å². The summed E-state index contributed by atoms with van der Waals surface area (Å²) >= 11 is 4.42. The Bertz CT molecular complexity index is 543. The minimum Gasteiger partial charge on any atom is -0.315 e. The highest BCUT2D eigenvalue weighted by molar-refractivity contribution is 9.11. The van der Waals surface area contributed by atoms with Gasteiger partial charge in [0.1, 0.15) is 4.90 Å². The Labute approximate surface area is 127 Å². The molecule has 0 aliphatic rings. The standard InChI is InChI=1S/C10H14BrF3N2O2S2/c1-15-6-7-5-8(9(11)19-7)20(17,18)16-4-2-3-10(12,13)14/h5,15-16H,2-4,6H2,1H3. The molecule has 0 radical (unpaired) electrons. The van der Waals surface area contributed by atoms with Gasteiger partial charge in [-0.25, -0.2) is 13.1 Å². The molecule has 0 saturated heterocycles. The third-order valence-electron chi connectivity index (χ3n) is 2.28. The van der Waals surface area contributed by atoms with Crippen LogP contribution in [0.5, 0.6) is 0 Å². The molecule has 20 heavy (non-hydrogen) atoms. The Morgan fingerprint density at radius 2 is 2.05 bits per heavy atom. The molecule has 1 heterocycles. The van der Waals surface area contributed by atoms with E-state index < -0.39 is 22.6 Å². The first-order chi connectivity index (χ1) is 9.15. The number of alkyl halides is 3. The van der Waals surface area contributed by atoms with Crippen molar-refractivity contribution in [3.05, 3.63) is 14.7 Å². The van der Waals surface area contributed by atoms with Gasteiger partial charge in [0.2, 0.25) is 10.0 Å². The molecular weight excluding hydrogens is 381 g/mol. The Morgan fingerprint density at radius 3 is 2.60 bits per heavy atom. The van der Waals surface area contributed by atoms with Gasteiger partial charge in [0.05, 0.1) is 3.79 Å². The van der Waals surface area contributed by atoms with Crippen LogP contribution in [-0.2, 0) is 16.6 Å². The zero-order valence-electron chi connectivity index (χ0n) is 10.6. The van der Waals surface area contributed by atoms with Gasteiger partial charge in [0.15, 0.2) is 0 Å². The average Bonchev–Trinajstić information content (AvgIpc) is 2.66. The van der Waals surface area contributed by atoms with Crippen molar-refractivity contribution < 1.29 is 21.6 Å². The normalized spacial score (nSPS) is 12.8. The topological polar surface area (TPSA) is 58.2 Å². The van der Waals surface area contributed by atoms with Crippen molar-refractivity contribution in [1.82, 2.24) is 10.0 Å². The molecule has 4 nitrogen and oxygen atoms in total. The fourth-order valence-corrected chi connectivity index (χ4v) is 5.18. The van der Waals surface area contributed by atoms with Crippen LogP contribution in [-0.4, -0.2) is 28.2 Å². The van der Waals surface area contributed by atoms with Crippen LogP contribution >= 0.6 is 27.3 Å². The maximum absolute atomic E-state index is 12.0. The largest absolute Gasteiger partial charge is 0.389 e. The molecule has 1 aromatic rings. The van der Waals surface area contributed by atoms with Crippen molar-refractivity contribution in [3.8, 4) is 0 Å². The summed E-state index contributed by atoms with van der Waals surface area (Å²) in [6, 6.07) is 1.50. The molecule has 1 rings (SSSR count). The second-order valence-electron chi connectivity index (χ2n) is 4.00. The van der Waals surface area contributed by atoms with Crippen LogP contribution in [0.25, 0.3) is 0 Å². The minimum absolute atomic E-state index is 0.0553. The van der Waals surface area contributed by atoms with Crippen LogP contribution in [0.3, 0.4) is 0 Å². The molecule has 1 aromatic heterocycles. The highest BCUT2D eigenvalue weighted by atomic mass is 79.9. The smallest absolute Gasteiger partial charge is 0.315 e. The van der Waals surface area contributed by atoms with Crippen LogP contribution in [0.4, 0.5) is 13.2 Å². The number of hydrogen-bond acceptors (Lipinski definition) is 4. The number of halogens is 4. The molecule has 0 fully saturated rings. The molecule has 0 saturated carbocycles. The summed E-state index contributed by atoms with van der Waals surface area (Å²) in [5, 5.41) is 2.89. The third-order valence-corrected chi connectivity index (χ3v) is 5.99. The first-order valence-electron chi connectivity index (χ1n) is 5.65. The summed E-state index contributed by atoms with van der Waals surface area (Å²) in [5.41, 5.74) is 0. The number of nitrogens with one attached hydrogen (secondary N) is 2. The highest BCUT2D eigenvalue weighted by Gasteiger charge is 2.27. The lowest BCUT2D eigenvalue weighted by Crippen LogP contribution is -2.25.